The standard InChI is InChI=1S/C20H32N2O2/c1-2-3-4-9-15-24-19-12-10-11-18(16-19)21-20(23)17-22-13-7-5-6-8-14-22/h10-12,16H,2-9,13-15,17H2,1H3,(H,21,23). The normalized spacial score (nSPS) is 15.7. The van der Waals surface area contributed by atoms with Gasteiger partial charge in [-0.2, -0.15) is 0 Å². The largest absolute Gasteiger partial charge is 0.494 e. The van der Waals surface area contributed by atoms with Crippen LogP contribution in [0.1, 0.15) is 58.3 Å². The number of hydrogen-bond acceptors (Lipinski definition) is 3. The van der Waals surface area contributed by atoms with Gasteiger partial charge < -0.3 is 10.1 Å². The molecule has 2 rings (SSSR count). The topological polar surface area (TPSA) is 41.6 Å². The summed E-state index contributed by atoms with van der Waals surface area (Å²) >= 11 is 0. The van der Waals surface area contributed by atoms with Crippen molar-refractivity contribution in [2.24, 2.45) is 0 Å². The summed E-state index contributed by atoms with van der Waals surface area (Å²) in [6.07, 6.45) is 9.77. The molecule has 1 amide bonds. The highest BCUT2D eigenvalue weighted by molar-refractivity contribution is 5.92. The van der Waals surface area contributed by atoms with Gasteiger partial charge >= 0.3 is 0 Å². The van der Waals surface area contributed by atoms with Crippen LogP contribution in [0, 0.1) is 0 Å². The summed E-state index contributed by atoms with van der Waals surface area (Å²) in [6.45, 7) is 5.51. The summed E-state index contributed by atoms with van der Waals surface area (Å²) in [6, 6.07) is 7.72. The van der Waals surface area contributed by atoms with E-state index in [9.17, 15) is 4.79 Å². The predicted octanol–water partition coefficient (Wildman–Crippen LogP) is 4.46. The van der Waals surface area contributed by atoms with Crippen molar-refractivity contribution in [1.29, 1.82) is 0 Å². The number of nitrogens with one attached hydrogen (secondary N) is 1. The molecule has 1 N–H and O–H groups in total. The summed E-state index contributed by atoms with van der Waals surface area (Å²) in [5.74, 6) is 0.899. The summed E-state index contributed by atoms with van der Waals surface area (Å²) in [5, 5.41) is 3.00. The maximum atomic E-state index is 12.2. The molecule has 0 aromatic heterocycles. The van der Waals surface area contributed by atoms with Crippen LogP contribution in [0.3, 0.4) is 0 Å². The van der Waals surface area contributed by atoms with Crippen molar-refractivity contribution in [3.05, 3.63) is 24.3 Å². The minimum absolute atomic E-state index is 0.0667. The molecule has 1 aliphatic heterocycles. The molecule has 24 heavy (non-hydrogen) atoms. The molecule has 1 aromatic carbocycles. The van der Waals surface area contributed by atoms with Gasteiger partial charge in [-0.15, -0.1) is 0 Å². The van der Waals surface area contributed by atoms with Crippen molar-refractivity contribution in [2.45, 2.75) is 58.3 Å². The molecule has 0 radical (unpaired) electrons. The van der Waals surface area contributed by atoms with Gasteiger partial charge in [0.05, 0.1) is 13.2 Å². The fourth-order valence-electron chi connectivity index (χ4n) is 3.08. The molecule has 1 fully saturated rings. The molecule has 1 aromatic rings. The summed E-state index contributed by atoms with van der Waals surface area (Å²) in [7, 11) is 0. The van der Waals surface area contributed by atoms with Gasteiger partial charge in [-0.3, -0.25) is 9.69 Å². The van der Waals surface area contributed by atoms with Crippen molar-refractivity contribution < 1.29 is 9.53 Å². The van der Waals surface area contributed by atoms with Gasteiger partial charge in [0, 0.05) is 11.8 Å². The Morgan fingerprint density at radius 2 is 1.92 bits per heavy atom. The van der Waals surface area contributed by atoms with E-state index < -0.39 is 0 Å². The van der Waals surface area contributed by atoms with Crippen molar-refractivity contribution in [3.63, 3.8) is 0 Å². The van der Waals surface area contributed by atoms with E-state index in [-0.39, 0.29) is 5.91 Å². The van der Waals surface area contributed by atoms with Crippen LogP contribution in [0.4, 0.5) is 5.69 Å². The number of unbranched alkanes of at least 4 members (excludes halogenated alkanes) is 3. The minimum atomic E-state index is 0.0667. The first-order chi connectivity index (χ1) is 11.8. The van der Waals surface area contributed by atoms with E-state index in [4.69, 9.17) is 4.74 Å². The number of hydrogen-bond donors (Lipinski definition) is 1. The molecule has 4 nitrogen and oxygen atoms in total. The first-order valence-corrected chi connectivity index (χ1v) is 9.53. The van der Waals surface area contributed by atoms with E-state index in [0.717, 1.165) is 37.6 Å². The van der Waals surface area contributed by atoms with Crippen LogP contribution < -0.4 is 10.1 Å². The predicted molar refractivity (Wildman–Crippen MR) is 99.6 cm³/mol. The molecule has 0 bridgehead atoms. The molecule has 0 aliphatic carbocycles. The number of likely N-dealkylation sites (tertiary alicyclic amines) is 1. The molecule has 4 heteroatoms. The van der Waals surface area contributed by atoms with Crippen molar-refractivity contribution in [2.75, 3.05) is 31.6 Å². The second-order valence-corrected chi connectivity index (χ2v) is 6.68. The highest BCUT2D eigenvalue weighted by Gasteiger charge is 2.13. The zero-order valence-corrected chi connectivity index (χ0v) is 15.1. The highest BCUT2D eigenvalue weighted by Crippen LogP contribution is 2.18. The number of ether oxygens (including phenoxy) is 1. The Labute approximate surface area is 146 Å². The Balaban J connectivity index is 1.74. The van der Waals surface area contributed by atoms with Crippen molar-refractivity contribution >= 4 is 11.6 Å². The van der Waals surface area contributed by atoms with Crippen molar-refractivity contribution in [1.82, 2.24) is 4.90 Å². The molecule has 1 saturated heterocycles. The van der Waals surface area contributed by atoms with Gasteiger partial charge in [0.2, 0.25) is 5.91 Å². The lowest BCUT2D eigenvalue weighted by atomic mass is 10.2. The average molecular weight is 332 g/mol. The first-order valence-electron chi connectivity index (χ1n) is 9.53. The van der Waals surface area contributed by atoms with Gasteiger partial charge in [0.15, 0.2) is 0 Å². The maximum absolute atomic E-state index is 12.2. The number of carbonyl (C=O) groups is 1. The Kier molecular flexibility index (Phi) is 8.67. The average Bonchev–Trinajstić information content (AvgIpc) is 2.83. The second-order valence-electron chi connectivity index (χ2n) is 6.68. The van der Waals surface area contributed by atoms with Crippen LogP contribution in [0.5, 0.6) is 5.75 Å². The van der Waals surface area contributed by atoms with Crippen LogP contribution in [0.2, 0.25) is 0 Å². The second kappa shape index (κ2) is 11.1. The highest BCUT2D eigenvalue weighted by atomic mass is 16.5. The third-order valence-corrected chi connectivity index (χ3v) is 4.45. The molecule has 0 spiro atoms. The zero-order chi connectivity index (χ0) is 17.0. The van der Waals surface area contributed by atoms with Crippen LogP contribution >= 0.6 is 0 Å². The Hall–Kier alpha value is -1.55. The Bertz CT molecular complexity index is 482. The van der Waals surface area contributed by atoms with E-state index in [1.807, 2.05) is 24.3 Å². The van der Waals surface area contributed by atoms with Gasteiger partial charge in [0.25, 0.3) is 0 Å². The fraction of sp³-hybridized carbons (Fsp3) is 0.650. The van der Waals surface area contributed by atoms with Crippen LogP contribution in [0.15, 0.2) is 24.3 Å². The fourth-order valence-corrected chi connectivity index (χ4v) is 3.08. The first kappa shape index (κ1) is 18.8. The van der Waals surface area contributed by atoms with Crippen LogP contribution in [-0.4, -0.2) is 37.0 Å². The van der Waals surface area contributed by atoms with Crippen LogP contribution in [0.25, 0.3) is 0 Å². The molecule has 134 valence electrons. The molecule has 0 atom stereocenters. The lowest BCUT2D eigenvalue weighted by molar-refractivity contribution is -0.117. The Morgan fingerprint density at radius 3 is 2.67 bits per heavy atom. The third kappa shape index (κ3) is 7.35. The zero-order valence-electron chi connectivity index (χ0n) is 15.1. The summed E-state index contributed by atoms with van der Waals surface area (Å²) in [5.41, 5.74) is 0.820. The Morgan fingerprint density at radius 1 is 1.12 bits per heavy atom. The van der Waals surface area contributed by atoms with E-state index in [1.165, 1.54) is 44.9 Å². The van der Waals surface area contributed by atoms with Gasteiger partial charge in [-0.05, 0) is 44.5 Å². The van der Waals surface area contributed by atoms with E-state index in [0.29, 0.717) is 6.54 Å². The van der Waals surface area contributed by atoms with Gasteiger partial charge in [0.1, 0.15) is 5.75 Å². The molecular weight excluding hydrogens is 300 g/mol. The minimum Gasteiger partial charge on any atom is -0.494 e. The van der Waals surface area contributed by atoms with Crippen molar-refractivity contribution in [3.8, 4) is 5.75 Å². The molecule has 1 heterocycles. The number of benzene rings is 1. The number of carbonyl (C=O) groups excluding carboxylic acids is 1. The smallest absolute Gasteiger partial charge is 0.238 e. The quantitative estimate of drug-likeness (QED) is 0.679. The van der Waals surface area contributed by atoms with E-state index >= 15 is 0 Å². The summed E-state index contributed by atoms with van der Waals surface area (Å²) in [4.78, 5) is 14.5. The molecular formula is C20H32N2O2. The lowest BCUT2D eigenvalue weighted by Gasteiger charge is -2.19. The van der Waals surface area contributed by atoms with E-state index in [2.05, 4.69) is 17.1 Å². The number of anilines is 1. The number of amides is 1. The lowest BCUT2D eigenvalue weighted by Crippen LogP contribution is -2.33. The number of rotatable bonds is 9. The van der Waals surface area contributed by atoms with Gasteiger partial charge in [-0.1, -0.05) is 45.1 Å². The van der Waals surface area contributed by atoms with E-state index in [1.54, 1.807) is 0 Å². The third-order valence-electron chi connectivity index (χ3n) is 4.45. The van der Waals surface area contributed by atoms with Gasteiger partial charge in [-0.25, -0.2) is 0 Å². The number of nitrogens with zero attached hydrogens (tertiary/aromatic N) is 1. The van der Waals surface area contributed by atoms with Crippen LogP contribution in [-0.2, 0) is 4.79 Å². The maximum Gasteiger partial charge on any atom is 0.238 e. The monoisotopic (exact) mass is 332 g/mol. The summed E-state index contributed by atoms with van der Waals surface area (Å²) < 4.78 is 5.78. The molecule has 1 aliphatic rings. The SMILES string of the molecule is CCCCCCOc1cccc(NC(=O)CN2CCCCCC2)c1. The molecule has 0 saturated carbocycles. The molecule has 0 unspecified atom stereocenters.